The molecule has 2 N–H and O–H groups in total. The minimum atomic E-state index is -0.707. The molecule has 0 radical (unpaired) electrons. The fourth-order valence-corrected chi connectivity index (χ4v) is 4.67. The Morgan fingerprint density at radius 2 is 1.65 bits per heavy atom. The summed E-state index contributed by atoms with van der Waals surface area (Å²) < 4.78 is 5.47. The molecule has 1 amide bonds. The van der Waals surface area contributed by atoms with Gasteiger partial charge in [-0.05, 0) is 42.0 Å². The molecule has 5 aromatic rings. The van der Waals surface area contributed by atoms with Crippen LogP contribution in [0.1, 0.15) is 26.4 Å². The molecule has 0 saturated carbocycles. The van der Waals surface area contributed by atoms with Gasteiger partial charge in [-0.1, -0.05) is 65.7 Å². The third kappa shape index (κ3) is 5.56. The van der Waals surface area contributed by atoms with Gasteiger partial charge in [0, 0.05) is 39.2 Å². The molecule has 0 fully saturated rings. The highest BCUT2D eigenvalue weighted by Crippen LogP contribution is 2.38. The van der Waals surface area contributed by atoms with Crippen LogP contribution in [0.3, 0.4) is 0 Å². The van der Waals surface area contributed by atoms with Crippen molar-refractivity contribution >= 4 is 57.9 Å². The number of amides is 1. The Bertz CT molecular complexity index is 1780. The fraction of sp³-hybridized carbons (Fsp3) is 0. The zero-order valence-corrected chi connectivity index (χ0v) is 21.9. The van der Waals surface area contributed by atoms with Crippen molar-refractivity contribution < 1.29 is 19.2 Å². The van der Waals surface area contributed by atoms with Crippen molar-refractivity contribution in [2.75, 3.05) is 0 Å². The zero-order chi connectivity index (χ0) is 28.2. The molecule has 40 heavy (non-hydrogen) atoms. The molecule has 11 heteroatoms. The molecule has 0 bridgehead atoms. The molecule has 0 aliphatic carbocycles. The average molecular weight is 573 g/mol. The van der Waals surface area contributed by atoms with E-state index in [1.54, 1.807) is 36.4 Å². The summed E-state index contributed by atoms with van der Waals surface area (Å²) in [4.78, 5) is 39.2. The number of ether oxygens (including phenoxy) is 1. The average Bonchev–Trinajstić information content (AvgIpc) is 3.34. The van der Waals surface area contributed by atoms with Crippen molar-refractivity contribution in [2.24, 2.45) is 5.10 Å². The summed E-state index contributed by atoms with van der Waals surface area (Å²) >= 11 is 12.7. The van der Waals surface area contributed by atoms with Gasteiger partial charge in [0.25, 0.3) is 11.6 Å². The van der Waals surface area contributed by atoms with Gasteiger partial charge >= 0.3 is 5.97 Å². The number of nitro groups is 1. The first-order chi connectivity index (χ1) is 19.3. The molecule has 1 heterocycles. The van der Waals surface area contributed by atoms with Crippen molar-refractivity contribution in [2.45, 2.75) is 0 Å². The Labute approximate surface area is 237 Å². The Hall–Kier alpha value is -4.99. The maximum Gasteiger partial charge on any atom is 0.343 e. The molecule has 198 valence electrons. The quantitative estimate of drug-likeness (QED) is 0.0711. The molecule has 5 rings (SSSR count). The number of nitrogens with one attached hydrogen (secondary N) is 2. The maximum atomic E-state index is 13.3. The van der Waals surface area contributed by atoms with E-state index in [9.17, 15) is 19.7 Å². The standard InChI is InChI=1S/C29H18Cl2N4O5/c30-20-14-22(31)26-23(15-20)33-27(25(26)17-6-2-1-3-7-17)28(36)34-32-16-19-8-4-5-9-24(19)40-29(37)18-10-12-21(13-11-18)35(38)39/h1-16,33H,(H,34,36). The van der Waals surface area contributed by atoms with Crippen molar-refractivity contribution in [3.8, 4) is 16.9 Å². The monoisotopic (exact) mass is 572 g/mol. The lowest BCUT2D eigenvalue weighted by Gasteiger charge is -2.07. The van der Waals surface area contributed by atoms with Crippen molar-refractivity contribution in [1.29, 1.82) is 0 Å². The second kappa shape index (κ2) is 11.4. The van der Waals surface area contributed by atoms with Crippen LogP contribution < -0.4 is 10.2 Å². The van der Waals surface area contributed by atoms with Gasteiger partial charge in [-0.2, -0.15) is 5.10 Å². The summed E-state index contributed by atoms with van der Waals surface area (Å²) in [5.74, 6) is -1.05. The smallest absolute Gasteiger partial charge is 0.343 e. The third-order valence-electron chi connectivity index (χ3n) is 5.91. The molecule has 0 saturated heterocycles. The molecule has 0 unspecified atom stereocenters. The number of nitrogens with zero attached hydrogens (tertiary/aromatic N) is 2. The number of fused-ring (bicyclic) bond motifs is 1. The fourth-order valence-electron chi connectivity index (χ4n) is 4.09. The SMILES string of the molecule is O=C(Oc1ccccc1C=NNC(=O)c1[nH]c2cc(Cl)cc(Cl)c2c1-c1ccccc1)c1ccc([N+](=O)[O-])cc1. The van der Waals surface area contributed by atoms with E-state index in [-0.39, 0.29) is 22.7 Å². The van der Waals surface area contributed by atoms with Gasteiger partial charge in [0.05, 0.1) is 21.7 Å². The highest BCUT2D eigenvalue weighted by atomic mass is 35.5. The molecule has 4 aromatic carbocycles. The van der Waals surface area contributed by atoms with Gasteiger partial charge in [-0.3, -0.25) is 14.9 Å². The highest BCUT2D eigenvalue weighted by Gasteiger charge is 2.21. The normalized spacial score (nSPS) is 11.1. The minimum Gasteiger partial charge on any atom is -0.422 e. The summed E-state index contributed by atoms with van der Waals surface area (Å²) in [7, 11) is 0. The molecule has 0 aliphatic rings. The summed E-state index contributed by atoms with van der Waals surface area (Å²) in [5.41, 5.74) is 5.10. The summed E-state index contributed by atoms with van der Waals surface area (Å²) in [6.45, 7) is 0. The summed E-state index contributed by atoms with van der Waals surface area (Å²) in [6.07, 6.45) is 1.34. The number of hydrogen-bond donors (Lipinski definition) is 2. The molecular weight excluding hydrogens is 555 g/mol. The van der Waals surface area contributed by atoms with E-state index in [0.29, 0.717) is 32.1 Å². The van der Waals surface area contributed by atoms with Crippen LogP contribution >= 0.6 is 23.2 Å². The molecule has 0 aliphatic heterocycles. The number of carbonyl (C=O) groups is 2. The van der Waals surface area contributed by atoms with Crippen LogP contribution in [-0.4, -0.2) is 28.0 Å². The van der Waals surface area contributed by atoms with Crippen LogP contribution in [0.4, 0.5) is 5.69 Å². The van der Waals surface area contributed by atoms with Gasteiger partial charge in [0.15, 0.2) is 0 Å². The number of carbonyl (C=O) groups excluding carboxylic acids is 2. The van der Waals surface area contributed by atoms with E-state index in [1.165, 1.54) is 30.5 Å². The van der Waals surface area contributed by atoms with Crippen LogP contribution in [-0.2, 0) is 0 Å². The van der Waals surface area contributed by atoms with Crippen LogP contribution in [0.5, 0.6) is 5.75 Å². The minimum absolute atomic E-state index is 0.136. The first-order valence-electron chi connectivity index (χ1n) is 11.8. The van der Waals surface area contributed by atoms with E-state index in [4.69, 9.17) is 27.9 Å². The summed E-state index contributed by atoms with van der Waals surface area (Å²) in [5, 5.41) is 16.4. The second-order valence-corrected chi connectivity index (χ2v) is 9.33. The second-order valence-electron chi connectivity index (χ2n) is 8.48. The van der Waals surface area contributed by atoms with Crippen LogP contribution in [0.2, 0.25) is 10.0 Å². The molecule has 9 nitrogen and oxygen atoms in total. The molecule has 0 spiro atoms. The van der Waals surface area contributed by atoms with E-state index in [2.05, 4.69) is 15.5 Å². The number of nitro benzene ring substituents is 1. The predicted molar refractivity (Wildman–Crippen MR) is 153 cm³/mol. The first kappa shape index (κ1) is 26.6. The van der Waals surface area contributed by atoms with Crippen molar-refractivity contribution in [3.05, 3.63) is 128 Å². The Balaban J connectivity index is 1.38. The number of benzene rings is 4. The molecule has 1 aromatic heterocycles. The van der Waals surface area contributed by atoms with Gasteiger partial charge < -0.3 is 9.72 Å². The number of hydrazone groups is 1. The highest BCUT2D eigenvalue weighted by molar-refractivity contribution is 6.40. The number of halogens is 2. The number of hydrogen-bond acceptors (Lipinski definition) is 6. The third-order valence-corrected chi connectivity index (χ3v) is 6.43. The maximum absolute atomic E-state index is 13.3. The number of non-ortho nitro benzene ring substituents is 1. The summed E-state index contributed by atoms with van der Waals surface area (Å²) in [6, 6.07) is 24.2. The van der Waals surface area contributed by atoms with E-state index in [0.717, 1.165) is 5.56 Å². The number of esters is 1. The number of rotatable bonds is 7. The first-order valence-corrected chi connectivity index (χ1v) is 12.5. The van der Waals surface area contributed by atoms with E-state index in [1.807, 2.05) is 30.3 Å². The van der Waals surface area contributed by atoms with E-state index < -0.39 is 16.8 Å². The number of para-hydroxylation sites is 1. The molecular formula is C29H18Cl2N4O5. The lowest BCUT2D eigenvalue weighted by Crippen LogP contribution is -2.19. The van der Waals surface area contributed by atoms with Crippen molar-refractivity contribution in [1.82, 2.24) is 10.4 Å². The van der Waals surface area contributed by atoms with Gasteiger partial charge in [-0.15, -0.1) is 0 Å². The Kier molecular flexibility index (Phi) is 7.59. The van der Waals surface area contributed by atoms with Gasteiger partial charge in [-0.25, -0.2) is 10.2 Å². The van der Waals surface area contributed by atoms with Crippen molar-refractivity contribution in [3.63, 3.8) is 0 Å². The lowest BCUT2D eigenvalue weighted by molar-refractivity contribution is -0.384. The number of H-pyrrole nitrogens is 1. The zero-order valence-electron chi connectivity index (χ0n) is 20.4. The van der Waals surface area contributed by atoms with Crippen LogP contribution in [0, 0.1) is 10.1 Å². The lowest BCUT2D eigenvalue weighted by atomic mass is 10.0. The Morgan fingerprint density at radius 1 is 0.950 bits per heavy atom. The molecule has 0 atom stereocenters. The topological polar surface area (TPSA) is 127 Å². The van der Waals surface area contributed by atoms with Gasteiger partial charge in [0.1, 0.15) is 11.4 Å². The van der Waals surface area contributed by atoms with E-state index >= 15 is 0 Å². The van der Waals surface area contributed by atoms with Crippen LogP contribution in [0.25, 0.3) is 22.0 Å². The number of aromatic nitrogens is 1. The predicted octanol–water partition coefficient (Wildman–Crippen LogP) is 7.03. The largest absolute Gasteiger partial charge is 0.422 e. The van der Waals surface area contributed by atoms with Gasteiger partial charge in [0.2, 0.25) is 0 Å². The Morgan fingerprint density at radius 3 is 2.38 bits per heavy atom. The van der Waals surface area contributed by atoms with Crippen LogP contribution in [0.15, 0.2) is 96.1 Å². The number of aromatic amines is 1.